The third-order valence-electron chi connectivity index (χ3n) is 4.58. The maximum absolute atomic E-state index is 12.9. The summed E-state index contributed by atoms with van der Waals surface area (Å²) in [6.07, 6.45) is 8.53. The van der Waals surface area contributed by atoms with Gasteiger partial charge in [-0.15, -0.1) is 0 Å². The molecule has 2 amide bonds. The molecule has 1 N–H and O–H groups in total. The standard InChI is InChI=1S/C20H25N5O3/c1-15-11-23-18(13-22-15)20(27)25(14-17-3-2-10-28-17)9-6-19(26)24-12-16-4-7-21-8-5-16/h4-5,7-8,11,13,17H,2-3,6,9-10,12,14H2,1H3,(H,24,26). The Balaban J connectivity index is 1.57. The molecule has 2 aromatic heterocycles. The van der Waals surface area contributed by atoms with E-state index in [0.717, 1.165) is 24.1 Å². The average Bonchev–Trinajstić information content (AvgIpc) is 3.23. The Morgan fingerprint density at radius 2 is 2.07 bits per heavy atom. The summed E-state index contributed by atoms with van der Waals surface area (Å²) in [4.78, 5) is 39.0. The molecule has 1 aliphatic rings. The summed E-state index contributed by atoms with van der Waals surface area (Å²) in [5.74, 6) is -0.345. The summed E-state index contributed by atoms with van der Waals surface area (Å²) >= 11 is 0. The summed E-state index contributed by atoms with van der Waals surface area (Å²) in [5.41, 5.74) is 2.00. The lowest BCUT2D eigenvalue weighted by atomic mass is 10.2. The lowest BCUT2D eigenvalue weighted by molar-refractivity contribution is -0.121. The fourth-order valence-corrected chi connectivity index (χ4v) is 3.00. The van der Waals surface area contributed by atoms with Crippen LogP contribution in [-0.2, 0) is 16.1 Å². The molecule has 3 heterocycles. The molecule has 1 aliphatic heterocycles. The Morgan fingerprint density at radius 1 is 1.25 bits per heavy atom. The highest BCUT2D eigenvalue weighted by Crippen LogP contribution is 2.15. The molecule has 0 radical (unpaired) electrons. The zero-order valence-corrected chi connectivity index (χ0v) is 16.0. The maximum atomic E-state index is 12.9. The van der Waals surface area contributed by atoms with E-state index < -0.39 is 0 Å². The van der Waals surface area contributed by atoms with Gasteiger partial charge in [-0.2, -0.15) is 0 Å². The fraction of sp³-hybridized carbons (Fsp3) is 0.450. The van der Waals surface area contributed by atoms with Crippen LogP contribution in [0.4, 0.5) is 0 Å². The number of carbonyl (C=O) groups excluding carboxylic acids is 2. The van der Waals surface area contributed by atoms with Crippen molar-refractivity contribution in [1.29, 1.82) is 0 Å². The van der Waals surface area contributed by atoms with Crippen LogP contribution in [0.3, 0.4) is 0 Å². The molecular formula is C20H25N5O3. The van der Waals surface area contributed by atoms with Crippen molar-refractivity contribution in [3.8, 4) is 0 Å². The molecule has 0 saturated carbocycles. The van der Waals surface area contributed by atoms with Crippen molar-refractivity contribution in [2.45, 2.75) is 38.8 Å². The molecule has 0 bridgehead atoms. The topological polar surface area (TPSA) is 97.3 Å². The minimum atomic E-state index is -0.232. The van der Waals surface area contributed by atoms with E-state index >= 15 is 0 Å². The van der Waals surface area contributed by atoms with Crippen LogP contribution >= 0.6 is 0 Å². The fourth-order valence-electron chi connectivity index (χ4n) is 3.00. The van der Waals surface area contributed by atoms with Gasteiger partial charge in [-0.25, -0.2) is 4.98 Å². The number of ether oxygens (including phenoxy) is 1. The predicted molar refractivity (Wildman–Crippen MR) is 102 cm³/mol. The van der Waals surface area contributed by atoms with E-state index in [0.29, 0.717) is 26.2 Å². The molecule has 8 nitrogen and oxygen atoms in total. The number of carbonyl (C=O) groups is 2. The monoisotopic (exact) mass is 383 g/mol. The third-order valence-corrected chi connectivity index (χ3v) is 4.58. The van der Waals surface area contributed by atoms with Crippen molar-refractivity contribution >= 4 is 11.8 Å². The number of rotatable bonds is 8. The van der Waals surface area contributed by atoms with E-state index in [4.69, 9.17) is 4.74 Å². The van der Waals surface area contributed by atoms with Crippen LogP contribution < -0.4 is 5.32 Å². The summed E-state index contributed by atoms with van der Waals surface area (Å²) in [7, 11) is 0. The van der Waals surface area contributed by atoms with Gasteiger partial charge in [0.1, 0.15) is 5.69 Å². The smallest absolute Gasteiger partial charge is 0.274 e. The molecule has 1 saturated heterocycles. The van der Waals surface area contributed by atoms with E-state index in [1.54, 1.807) is 23.5 Å². The van der Waals surface area contributed by atoms with Crippen molar-refractivity contribution in [3.63, 3.8) is 0 Å². The van der Waals surface area contributed by atoms with Gasteiger partial charge in [-0.1, -0.05) is 0 Å². The predicted octanol–water partition coefficient (Wildman–Crippen LogP) is 1.51. The second kappa shape index (κ2) is 9.89. The molecule has 3 rings (SSSR count). The normalized spacial score (nSPS) is 16.0. The highest BCUT2D eigenvalue weighted by molar-refractivity contribution is 5.92. The second-order valence-corrected chi connectivity index (χ2v) is 6.81. The Morgan fingerprint density at radius 3 is 2.75 bits per heavy atom. The van der Waals surface area contributed by atoms with Crippen LogP contribution in [-0.4, -0.2) is 57.5 Å². The largest absolute Gasteiger partial charge is 0.376 e. The average molecular weight is 383 g/mol. The first-order chi connectivity index (χ1) is 13.6. The maximum Gasteiger partial charge on any atom is 0.274 e. The highest BCUT2D eigenvalue weighted by Gasteiger charge is 2.24. The summed E-state index contributed by atoms with van der Waals surface area (Å²) < 4.78 is 5.66. The molecule has 1 fully saturated rings. The van der Waals surface area contributed by atoms with Gasteiger partial charge in [-0.05, 0) is 37.5 Å². The van der Waals surface area contributed by atoms with E-state index in [-0.39, 0.29) is 30.0 Å². The lowest BCUT2D eigenvalue weighted by Gasteiger charge is -2.25. The van der Waals surface area contributed by atoms with Gasteiger partial charge in [0.25, 0.3) is 5.91 Å². The van der Waals surface area contributed by atoms with Gasteiger partial charge < -0.3 is 15.0 Å². The van der Waals surface area contributed by atoms with Crippen LogP contribution in [0.2, 0.25) is 0 Å². The minimum Gasteiger partial charge on any atom is -0.376 e. The molecule has 28 heavy (non-hydrogen) atoms. The van der Waals surface area contributed by atoms with E-state index in [1.807, 2.05) is 19.1 Å². The van der Waals surface area contributed by atoms with Crippen molar-refractivity contribution in [3.05, 3.63) is 53.9 Å². The molecule has 8 heteroatoms. The first kappa shape index (κ1) is 19.9. The molecule has 0 spiro atoms. The van der Waals surface area contributed by atoms with Crippen molar-refractivity contribution < 1.29 is 14.3 Å². The van der Waals surface area contributed by atoms with Crippen LogP contribution in [0.5, 0.6) is 0 Å². The first-order valence-electron chi connectivity index (χ1n) is 9.47. The number of amides is 2. The summed E-state index contributed by atoms with van der Waals surface area (Å²) in [6.45, 7) is 3.72. The Kier molecular flexibility index (Phi) is 7.02. The van der Waals surface area contributed by atoms with Crippen LogP contribution in [0.15, 0.2) is 36.9 Å². The second-order valence-electron chi connectivity index (χ2n) is 6.81. The van der Waals surface area contributed by atoms with Gasteiger partial charge in [0, 0.05) is 51.3 Å². The third kappa shape index (κ3) is 5.82. The first-order valence-corrected chi connectivity index (χ1v) is 9.47. The lowest BCUT2D eigenvalue weighted by Crippen LogP contribution is -2.40. The summed E-state index contributed by atoms with van der Waals surface area (Å²) in [5, 5.41) is 2.87. The number of aryl methyl sites for hydroxylation is 1. The molecular weight excluding hydrogens is 358 g/mol. The van der Waals surface area contributed by atoms with Gasteiger partial charge in [0.05, 0.1) is 18.0 Å². The number of aromatic nitrogens is 3. The van der Waals surface area contributed by atoms with Crippen molar-refractivity contribution in [1.82, 2.24) is 25.2 Å². The van der Waals surface area contributed by atoms with Crippen LogP contribution in [0, 0.1) is 6.92 Å². The van der Waals surface area contributed by atoms with Gasteiger partial charge in [-0.3, -0.25) is 19.6 Å². The molecule has 2 aromatic rings. The van der Waals surface area contributed by atoms with Gasteiger partial charge in [0.2, 0.25) is 5.91 Å². The van der Waals surface area contributed by atoms with E-state index in [2.05, 4.69) is 20.3 Å². The van der Waals surface area contributed by atoms with Gasteiger partial charge in [0.15, 0.2) is 0 Å². The number of hydrogen-bond donors (Lipinski definition) is 1. The van der Waals surface area contributed by atoms with Crippen LogP contribution in [0.25, 0.3) is 0 Å². The zero-order valence-electron chi connectivity index (χ0n) is 16.0. The van der Waals surface area contributed by atoms with Crippen molar-refractivity contribution in [2.75, 3.05) is 19.7 Å². The molecule has 1 unspecified atom stereocenters. The van der Waals surface area contributed by atoms with E-state index in [9.17, 15) is 9.59 Å². The van der Waals surface area contributed by atoms with E-state index in [1.165, 1.54) is 6.20 Å². The Bertz CT molecular complexity index is 776. The Labute approximate surface area is 164 Å². The number of nitrogens with one attached hydrogen (secondary N) is 1. The number of nitrogens with zero attached hydrogens (tertiary/aromatic N) is 4. The van der Waals surface area contributed by atoms with Crippen molar-refractivity contribution in [2.24, 2.45) is 0 Å². The molecule has 0 aliphatic carbocycles. The quantitative estimate of drug-likeness (QED) is 0.742. The molecule has 148 valence electrons. The van der Waals surface area contributed by atoms with Crippen LogP contribution in [0.1, 0.15) is 41.0 Å². The highest BCUT2D eigenvalue weighted by atomic mass is 16.5. The molecule has 1 atom stereocenters. The zero-order chi connectivity index (χ0) is 19.8. The Hall–Kier alpha value is -2.87. The number of hydrogen-bond acceptors (Lipinski definition) is 6. The number of pyridine rings is 1. The van der Waals surface area contributed by atoms with Gasteiger partial charge >= 0.3 is 0 Å². The summed E-state index contributed by atoms with van der Waals surface area (Å²) in [6, 6.07) is 3.70. The SMILES string of the molecule is Cc1cnc(C(=O)N(CCC(=O)NCc2ccncc2)CC2CCCO2)cn1. The molecule has 0 aromatic carbocycles. The minimum absolute atomic E-state index is 0.00207.